The second kappa shape index (κ2) is 5.17. The van der Waals surface area contributed by atoms with Crippen LogP contribution in [0, 0.1) is 0 Å². The van der Waals surface area contributed by atoms with Gasteiger partial charge in [-0.25, -0.2) is 0 Å². The maximum atomic E-state index is 5.13. The Morgan fingerprint density at radius 2 is 1.69 bits per heavy atom. The molecule has 0 spiro atoms. The van der Waals surface area contributed by atoms with Crippen LogP contribution in [0.5, 0.6) is 5.75 Å². The fraction of sp³-hybridized carbons (Fsp3) is 0.143. The van der Waals surface area contributed by atoms with E-state index in [-0.39, 0.29) is 0 Å². The number of halogens is 1. The Morgan fingerprint density at radius 1 is 1.00 bits per heavy atom. The van der Waals surface area contributed by atoms with Crippen molar-refractivity contribution in [3.05, 3.63) is 64.1 Å². The molecule has 0 atom stereocenters. The van der Waals surface area contributed by atoms with Gasteiger partial charge in [-0.1, -0.05) is 46.3 Å². The van der Waals surface area contributed by atoms with Crippen LogP contribution in [0.1, 0.15) is 11.1 Å². The van der Waals surface area contributed by atoms with Crippen LogP contribution in [-0.4, -0.2) is 7.11 Å². The molecule has 0 saturated heterocycles. The molecule has 2 heteroatoms. The van der Waals surface area contributed by atoms with Gasteiger partial charge >= 0.3 is 0 Å². The third-order valence-corrected chi connectivity index (χ3v) is 3.29. The van der Waals surface area contributed by atoms with Crippen LogP contribution in [0.25, 0.3) is 0 Å². The molecule has 0 saturated carbocycles. The highest BCUT2D eigenvalue weighted by Gasteiger charge is 2.00. The molecule has 0 amide bonds. The predicted octanol–water partition coefficient (Wildman–Crippen LogP) is 4.05. The maximum Gasteiger partial charge on any atom is 0.118 e. The summed E-state index contributed by atoms with van der Waals surface area (Å²) in [5.74, 6) is 0.899. The van der Waals surface area contributed by atoms with Gasteiger partial charge in [-0.2, -0.15) is 0 Å². The first kappa shape index (κ1) is 11.2. The summed E-state index contributed by atoms with van der Waals surface area (Å²) >= 11 is 3.56. The summed E-state index contributed by atoms with van der Waals surface area (Å²) < 4.78 is 6.29. The molecule has 0 fully saturated rings. The molecule has 16 heavy (non-hydrogen) atoms. The molecule has 2 aromatic carbocycles. The second-order valence-electron chi connectivity index (χ2n) is 3.62. The van der Waals surface area contributed by atoms with E-state index in [0.29, 0.717) is 0 Å². The fourth-order valence-electron chi connectivity index (χ4n) is 1.61. The van der Waals surface area contributed by atoms with Gasteiger partial charge in [0, 0.05) is 4.47 Å². The number of rotatable bonds is 3. The van der Waals surface area contributed by atoms with Crippen LogP contribution in [0.3, 0.4) is 0 Å². The van der Waals surface area contributed by atoms with Crippen LogP contribution in [0.2, 0.25) is 0 Å². The van der Waals surface area contributed by atoms with Crippen LogP contribution in [0.4, 0.5) is 0 Å². The highest BCUT2D eigenvalue weighted by Crippen LogP contribution is 2.20. The summed E-state index contributed by atoms with van der Waals surface area (Å²) in [6.07, 6.45) is 0.936. The molecular formula is C14H13BrO. The maximum absolute atomic E-state index is 5.13. The van der Waals surface area contributed by atoms with Gasteiger partial charge in [-0.3, -0.25) is 0 Å². The lowest BCUT2D eigenvalue weighted by Gasteiger charge is -2.05. The molecule has 0 radical (unpaired) electrons. The van der Waals surface area contributed by atoms with E-state index in [1.807, 2.05) is 18.2 Å². The Morgan fingerprint density at radius 3 is 2.31 bits per heavy atom. The van der Waals surface area contributed by atoms with Crippen molar-refractivity contribution in [1.29, 1.82) is 0 Å². The Labute approximate surface area is 104 Å². The van der Waals surface area contributed by atoms with E-state index in [1.165, 1.54) is 11.1 Å². The lowest BCUT2D eigenvalue weighted by atomic mass is 10.1. The van der Waals surface area contributed by atoms with Crippen LogP contribution in [0.15, 0.2) is 53.0 Å². The average molecular weight is 277 g/mol. The van der Waals surface area contributed by atoms with Crippen molar-refractivity contribution in [3.8, 4) is 5.75 Å². The minimum Gasteiger partial charge on any atom is -0.497 e. The molecule has 0 N–H and O–H groups in total. The summed E-state index contributed by atoms with van der Waals surface area (Å²) in [5, 5.41) is 0. The summed E-state index contributed by atoms with van der Waals surface area (Å²) in [7, 11) is 1.68. The molecule has 2 aromatic rings. The van der Waals surface area contributed by atoms with Gasteiger partial charge in [0.25, 0.3) is 0 Å². The normalized spacial score (nSPS) is 10.1. The fourth-order valence-corrected chi connectivity index (χ4v) is 2.03. The van der Waals surface area contributed by atoms with E-state index in [9.17, 15) is 0 Å². The summed E-state index contributed by atoms with van der Waals surface area (Å²) in [4.78, 5) is 0. The van der Waals surface area contributed by atoms with E-state index < -0.39 is 0 Å². The molecule has 2 rings (SSSR count). The molecule has 0 aliphatic heterocycles. The number of ether oxygens (including phenoxy) is 1. The molecular weight excluding hydrogens is 264 g/mol. The van der Waals surface area contributed by atoms with Gasteiger partial charge in [-0.05, 0) is 35.7 Å². The molecule has 1 nitrogen and oxygen atoms in total. The highest BCUT2D eigenvalue weighted by molar-refractivity contribution is 9.10. The van der Waals surface area contributed by atoms with Gasteiger partial charge in [0.1, 0.15) is 5.75 Å². The van der Waals surface area contributed by atoms with Crippen molar-refractivity contribution in [2.45, 2.75) is 6.42 Å². The van der Waals surface area contributed by atoms with E-state index >= 15 is 0 Å². The molecule has 82 valence electrons. The van der Waals surface area contributed by atoms with Crippen LogP contribution in [-0.2, 0) is 6.42 Å². The lowest BCUT2D eigenvalue weighted by Crippen LogP contribution is -1.90. The number of benzene rings is 2. The van der Waals surface area contributed by atoms with Gasteiger partial charge < -0.3 is 4.74 Å². The van der Waals surface area contributed by atoms with E-state index in [4.69, 9.17) is 4.74 Å². The second-order valence-corrected chi connectivity index (χ2v) is 4.47. The zero-order chi connectivity index (χ0) is 11.4. The van der Waals surface area contributed by atoms with Crippen molar-refractivity contribution >= 4 is 15.9 Å². The van der Waals surface area contributed by atoms with Crippen molar-refractivity contribution in [2.75, 3.05) is 7.11 Å². The van der Waals surface area contributed by atoms with Gasteiger partial charge in [-0.15, -0.1) is 0 Å². The van der Waals surface area contributed by atoms with Crippen molar-refractivity contribution in [3.63, 3.8) is 0 Å². The topological polar surface area (TPSA) is 9.23 Å². The zero-order valence-corrected chi connectivity index (χ0v) is 10.7. The van der Waals surface area contributed by atoms with Crippen molar-refractivity contribution in [1.82, 2.24) is 0 Å². The lowest BCUT2D eigenvalue weighted by molar-refractivity contribution is 0.414. The van der Waals surface area contributed by atoms with Crippen molar-refractivity contribution in [2.24, 2.45) is 0 Å². The number of hydrogen-bond donors (Lipinski definition) is 0. The Bertz CT molecular complexity index is 462. The third kappa shape index (κ3) is 2.64. The molecule has 0 aliphatic rings. The monoisotopic (exact) mass is 276 g/mol. The minimum atomic E-state index is 0.899. The van der Waals surface area contributed by atoms with E-state index in [2.05, 4.69) is 46.3 Å². The quantitative estimate of drug-likeness (QED) is 0.822. The number of hydrogen-bond acceptors (Lipinski definition) is 1. The van der Waals surface area contributed by atoms with E-state index in [1.54, 1.807) is 7.11 Å². The molecule has 0 aliphatic carbocycles. The summed E-state index contributed by atoms with van der Waals surface area (Å²) in [6, 6.07) is 16.5. The molecule has 0 unspecified atom stereocenters. The standard InChI is InChI=1S/C14H13BrO/c1-16-13-8-6-11(7-9-13)10-12-4-2-3-5-14(12)15/h2-9H,10H2,1H3. The summed E-state index contributed by atoms with van der Waals surface area (Å²) in [6.45, 7) is 0. The Balaban J connectivity index is 2.18. The Hall–Kier alpha value is -1.28. The smallest absolute Gasteiger partial charge is 0.118 e. The zero-order valence-electron chi connectivity index (χ0n) is 9.11. The van der Waals surface area contributed by atoms with Crippen molar-refractivity contribution < 1.29 is 4.74 Å². The first-order chi connectivity index (χ1) is 7.79. The van der Waals surface area contributed by atoms with Gasteiger partial charge in [0.15, 0.2) is 0 Å². The first-order valence-electron chi connectivity index (χ1n) is 5.16. The number of methoxy groups -OCH3 is 1. The van der Waals surface area contributed by atoms with Gasteiger partial charge in [0.2, 0.25) is 0 Å². The highest BCUT2D eigenvalue weighted by atomic mass is 79.9. The molecule has 0 bridgehead atoms. The van der Waals surface area contributed by atoms with E-state index in [0.717, 1.165) is 16.6 Å². The van der Waals surface area contributed by atoms with Crippen LogP contribution < -0.4 is 4.74 Å². The SMILES string of the molecule is COc1ccc(Cc2ccccc2Br)cc1. The third-order valence-electron chi connectivity index (χ3n) is 2.51. The molecule has 0 heterocycles. The largest absolute Gasteiger partial charge is 0.497 e. The minimum absolute atomic E-state index is 0.899. The predicted molar refractivity (Wildman–Crippen MR) is 69.9 cm³/mol. The molecule has 0 aromatic heterocycles. The summed E-state index contributed by atoms with van der Waals surface area (Å²) in [5.41, 5.74) is 2.58. The van der Waals surface area contributed by atoms with Gasteiger partial charge in [0.05, 0.1) is 7.11 Å². The Kier molecular flexibility index (Phi) is 3.62. The first-order valence-corrected chi connectivity index (χ1v) is 5.95. The average Bonchev–Trinajstić information content (AvgIpc) is 2.33. The van der Waals surface area contributed by atoms with Crippen LogP contribution >= 0.6 is 15.9 Å².